The first-order valence-corrected chi connectivity index (χ1v) is 3.52. The van der Waals surface area contributed by atoms with Crippen molar-refractivity contribution < 1.29 is 4.74 Å². The monoisotopic (exact) mass is 129 g/mol. The molecule has 2 heteroatoms. The van der Waals surface area contributed by atoms with E-state index in [0.717, 1.165) is 6.61 Å². The molecular formula is C7H15NO. The molecule has 1 aliphatic rings. The lowest BCUT2D eigenvalue weighted by Crippen LogP contribution is -2.41. The quantitative estimate of drug-likeness (QED) is 0.482. The summed E-state index contributed by atoms with van der Waals surface area (Å²) in [7, 11) is 2.10. The van der Waals surface area contributed by atoms with E-state index < -0.39 is 0 Å². The van der Waals surface area contributed by atoms with E-state index in [4.69, 9.17) is 4.74 Å². The zero-order chi connectivity index (χ0) is 6.85. The van der Waals surface area contributed by atoms with Crippen molar-refractivity contribution in [2.24, 2.45) is 5.92 Å². The Balaban J connectivity index is 2.35. The van der Waals surface area contributed by atoms with Gasteiger partial charge in [-0.2, -0.15) is 0 Å². The second kappa shape index (κ2) is 2.67. The van der Waals surface area contributed by atoms with E-state index in [1.807, 2.05) is 0 Å². The molecule has 2 nitrogen and oxygen atoms in total. The van der Waals surface area contributed by atoms with Crippen LogP contribution >= 0.6 is 0 Å². The van der Waals surface area contributed by atoms with Crippen LogP contribution in [0.15, 0.2) is 0 Å². The molecule has 1 fully saturated rings. The molecule has 2 atom stereocenters. The summed E-state index contributed by atoms with van der Waals surface area (Å²) in [5.74, 6) is 0.700. The van der Waals surface area contributed by atoms with Crippen molar-refractivity contribution in [1.29, 1.82) is 0 Å². The fourth-order valence-electron chi connectivity index (χ4n) is 1.12. The van der Waals surface area contributed by atoms with E-state index in [1.54, 1.807) is 0 Å². The maximum absolute atomic E-state index is 5.43. The van der Waals surface area contributed by atoms with Gasteiger partial charge in [0.05, 0.1) is 6.61 Å². The van der Waals surface area contributed by atoms with Crippen molar-refractivity contribution in [2.45, 2.75) is 20.1 Å². The number of ether oxygens (including phenoxy) is 1. The van der Waals surface area contributed by atoms with Crippen LogP contribution in [0.2, 0.25) is 0 Å². The third-order valence-electron chi connectivity index (χ3n) is 1.84. The molecule has 0 amide bonds. The Morgan fingerprint density at radius 3 is 2.56 bits per heavy atom. The largest absolute Gasteiger partial charge is 0.363 e. The second-order valence-electron chi connectivity index (χ2n) is 2.98. The lowest BCUT2D eigenvalue weighted by molar-refractivity contribution is -0.0937. The molecule has 54 valence electrons. The molecule has 0 radical (unpaired) electrons. The molecule has 1 saturated heterocycles. The smallest absolute Gasteiger partial charge is 0.107 e. The summed E-state index contributed by atoms with van der Waals surface area (Å²) in [6.07, 6.45) is 0.321. The summed E-state index contributed by atoms with van der Waals surface area (Å²) in [6.45, 7) is 6.39. The Morgan fingerprint density at radius 2 is 2.11 bits per heavy atom. The average molecular weight is 129 g/mol. The van der Waals surface area contributed by atoms with Crippen LogP contribution in [0.1, 0.15) is 13.8 Å². The van der Waals surface area contributed by atoms with Crippen LogP contribution in [-0.4, -0.2) is 31.3 Å². The number of nitrogens with zero attached hydrogens (tertiary/aromatic N) is 1. The van der Waals surface area contributed by atoms with Gasteiger partial charge in [-0.15, -0.1) is 0 Å². The lowest BCUT2D eigenvalue weighted by atomic mass is 10.1. The Kier molecular flexibility index (Phi) is 2.09. The van der Waals surface area contributed by atoms with E-state index in [1.165, 1.54) is 6.54 Å². The fourth-order valence-corrected chi connectivity index (χ4v) is 1.12. The van der Waals surface area contributed by atoms with Crippen molar-refractivity contribution in [2.75, 3.05) is 20.2 Å². The predicted octanol–water partition coefficient (Wildman–Crippen LogP) is 0.930. The second-order valence-corrected chi connectivity index (χ2v) is 2.98. The van der Waals surface area contributed by atoms with Crippen LogP contribution in [-0.2, 0) is 4.74 Å². The number of hydrogen-bond acceptors (Lipinski definition) is 2. The normalized spacial score (nSPS) is 39.0. The van der Waals surface area contributed by atoms with E-state index in [0.29, 0.717) is 12.1 Å². The minimum atomic E-state index is 0.321. The summed E-state index contributed by atoms with van der Waals surface area (Å²) in [5, 5.41) is 0. The average Bonchev–Trinajstić information content (AvgIpc) is 1.80. The molecule has 0 aromatic carbocycles. The lowest BCUT2D eigenvalue weighted by Gasteiger charge is -2.33. The van der Waals surface area contributed by atoms with Crippen molar-refractivity contribution in [3.05, 3.63) is 0 Å². The first kappa shape index (κ1) is 7.03. The van der Waals surface area contributed by atoms with Gasteiger partial charge in [-0.1, -0.05) is 6.92 Å². The number of hydrogen-bond donors (Lipinski definition) is 0. The van der Waals surface area contributed by atoms with E-state index in [-0.39, 0.29) is 0 Å². The minimum absolute atomic E-state index is 0.321. The summed E-state index contributed by atoms with van der Waals surface area (Å²) in [4.78, 5) is 2.23. The molecule has 0 aliphatic carbocycles. The highest BCUT2D eigenvalue weighted by molar-refractivity contribution is 4.65. The third kappa shape index (κ3) is 1.66. The van der Waals surface area contributed by atoms with Crippen LogP contribution in [0.3, 0.4) is 0 Å². The molecule has 1 rings (SSSR count). The first-order valence-electron chi connectivity index (χ1n) is 3.52. The highest BCUT2D eigenvalue weighted by Crippen LogP contribution is 2.11. The fraction of sp³-hybridized carbons (Fsp3) is 1.00. The van der Waals surface area contributed by atoms with Crippen LogP contribution in [0.5, 0.6) is 0 Å². The minimum Gasteiger partial charge on any atom is -0.363 e. The maximum Gasteiger partial charge on any atom is 0.107 e. The van der Waals surface area contributed by atoms with Crippen LogP contribution in [0.25, 0.3) is 0 Å². The third-order valence-corrected chi connectivity index (χ3v) is 1.84. The first-order chi connectivity index (χ1) is 4.20. The highest BCUT2D eigenvalue weighted by atomic mass is 16.5. The van der Waals surface area contributed by atoms with E-state index in [9.17, 15) is 0 Å². The topological polar surface area (TPSA) is 12.5 Å². The predicted molar refractivity (Wildman–Crippen MR) is 37.2 cm³/mol. The molecule has 0 spiro atoms. The molecule has 1 aliphatic heterocycles. The zero-order valence-electron chi connectivity index (χ0n) is 6.42. The van der Waals surface area contributed by atoms with Crippen molar-refractivity contribution in [3.63, 3.8) is 0 Å². The SMILES string of the molecule is CC1COC(C)N(C)C1. The van der Waals surface area contributed by atoms with Crippen LogP contribution in [0, 0.1) is 5.92 Å². The van der Waals surface area contributed by atoms with Gasteiger partial charge < -0.3 is 4.74 Å². The van der Waals surface area contributed by atoms with Gasteiger partial charge in [0.15, 0.2) is 0 Å². The molecule has 9 heavy (non-hydrogen) atoms. The van der Waals surface area contributed by atoms with Gasteiger partial charge in [0.1, 0.15) is 6.23 Å². The summed E-state index contributed by atoms with van der Waals surface area (Å²) >= 11 is 0. The highest BCUT2D eigenvalue weighted by Gasteiger charge is 2.18. The summed E-state index contributed by atoms with van der Waals surface area (Å²) in [6, 6.07) is 0. The summed E-state index contributed by atoms with van der Waals surface area (Å²) < 4.78 is 5.43. The Hall–Kier alpha value is -0.0800. The Morgan fingerprint density at radius 1 is 1.44 bits per heavy atom. The Bertz CT molecular complexity index is 94.9. The molecule has 0 saturated carbocycles. The van der Waals surface area contributed by atoms with Crippen LogP contribution < -0.4 is 0 Å². The zero-order valence-corrected chi connectivity index (χ0v) is 6.42. The maximum atomic E-state index is 5.43. The Labute approximate surface area is 56.8 Å². The van der Waals surface area contributed by atoms with Gasteiger partial charge in [0, 0.05) is 6.54 Å². The van der Waals surface area contributed by atoms with Gasteiger partial charge in [-0.05, 0) is 19.9 Å². The molecule has 0 aromatic rings. The summed E-state index contributed by atoms with van der Waals surface area (Å²) in [5.41, 5.74) is 0. The van der Waals surface area contributed by atoms with Crippen molar-refractivity contribution in [1.82, 2.24) is 4.90 Å². The molecule has 0 N–H and O–H groups in total. The van der Waals surface area contributed by atoms with Gasteiger partial charge in [0.2, 0.25) is 0 Å². The van der Waals surface area contributed by atoms with Crippen molar-refractivity contribution in [3.8, 4) is 0 Å². The standard InChI is InChI=1S/C7H15NO/c1-6-4-8(3)7(2)9-5-6/h6-7H,4-5H2,1-3H3. The van der Waals surface area contributed by atoms with Crippen molar-refractivity contribution >= 4 is 0 Å². The molecular weight excluding hydrogens is 114 g/mol. The van der Waals surface area contributed by atoms with Gasteiger partial charge in [-0.25, -0.2) is 0 Å². The van der Waals surface area contributed by atoms with E-state index in [2.05, 4.69) is 25.8 Å². The van der Waals surface area contributed by atoms with Gasteiger partial charge in [-0.3, -0.25) is 4.90 Å². The molecule has 0 aromatic heterocycles. The van der Waals surface area contributed by atoms with Gasteiger partial charge in [0.25, 0.3) is 0 Å². The van der Waals surface area contributed by atoms with Gasteiger partial charge >= 0.3 is 0 Å². The van der Waals surface area contributed by atoms with E-state index >= 15 is 0 Å². The molecule has 0 bridgehead atoms. The molecule has 2 unspecified atom stereocenters. The molecule has 1 heterocycles. The van der Waals surface area contributed by atoms with Crippen LogP contribution in [0.4, 0.5) is 0 Å². The number of rotatable bonds is 0.